The second kappa shape index (κ2) is 8.54. The minimum absolute atomic E-state index is 0.116. The topological polar surface area (TPSA) is 32.3 Å². The van der Waals surface area contributed by atoms with Crippen LogP contribution in [0.15, 0.2) is 24.3 Å². The minimum Gasteiger partial charge on any atom is -0.354 e. The number of amides is 1. The van der Waals surface area contributed by atoms with Crippen LogP contribution >= 0.6 is 11.6 Å². The van der Waals surface area contributed by atoms with Crippen LogP contribution in [0.2, 0.25) is 5.02 Å². The summed E-state index contributed by atoms with van der Waals surface area (Å²) in [7, 11) is 0. The molecule has 1 aromatic carbocycles. The van der Waals surface area contributed by atoms with Gasteiger partial charge in [-0.1, -0.05) is 43.6 Å². The van der Waals surface area contributed by atoms with Crippen LogP contribution < -0.4 is 5.32 Å². The fourth-order valence-corrected chi connectivity index (χ4v) is 3.50. The molecule has 0 spiro atoms. The number of rotatable bonds is 7. The van der Waals surface area contributed by atoms with Gasteiger partial charge in [0, 0.05) is 17.5 Å². The molecule has 1 amide bonds. The van der Waals surface area contributed by atoms with Crippen molar-refractivity contribution in [1.82, 2.24) is 10.2 Å². The van der Waals surface area contributed by atoms with E-state index in [-0.39, 0.29) is 17.9 Å². The van der Waals surface area contributed by atoms with Crippen LogP contribution in [0.25, 0.3) is 0 Å². The van der Waals surface area contributed by atoms with E-state index >= 15 is 0 Å². The van der Waals surface area contributed by atoms with E-state index in [0.29, 0.717) is 6.54 Å². The predicted molar refractivity (Wildman–Crippen MR) is 92.1 cm³/mol. The second-order valence-electron chi connectivity index (χ2n) is 6.04. The molecule has 0 saturated carbocycles. The third-order valence-electron chi connectivity index (χ3n) is 4.67. The van der Waals surface area contributed by atoms with Gasteiger partial charge in [0.2, 0.25) is 5.91 Å². The normalized spacial score (nSPS) is 16.9. The number of hydrogen-bond donors (Lipinski definition) is 1. The standard InChI is InChI=1S/C18H27ClN2O/c1-3-14(4-2)18(22)20-13-17(21-11-7-8-12-21)15-9-5-6-10-16(15)19/h5-6,9-10,14,17H,3-4,7-8,11-13H2,1-2H3,(H,20,22)/t17-/m0/s1. The predicted octanol–water partition coefficient (Wildman–Crippen LogP) is 4.03. The zero-order valence-electron chi connectivity index (χ0n) is 13.6. The molecule has 1 heterocycles. The summed E-state index contributed by atoms with van der Waals surface area (Å²) in [6, 6.07) is 8.16. The van der Waals surface area contributed by atoms with Crippen LogP contribution in [0.5, 0.6) is 0 Å². The highest BCUT2D eigenvalue weighted by Crippen LogP contribution is 2.29. The number of halogens is 1. The Kier molecular flexibility index (Phi) is 6.71. The van der Waals surface area contributed by atoms with Crippen LogP contribution in [0, 0.1) is 5.92 Å². The zero-order chi connectivity index (χ0) is 15.9. The Morgan fingerprint density at radius 3 is 2.45 bits per heavy atom. The van der Waals surface area contributed by atoms with Gasteiger partial charge in [0.15, 0.2) is 0 Å². The highest BCUT2D eigenvalue weighted by atomic mass is 35.5. The first-order valence-electron chi connectivity index (χ1n) is 8.43. The van der Waals surface area contributed by atoms with Gasteiger partial charge in [0.05, 0.1) is 6.04 Å². The molecular weight excluding hydrogens is 296 g/mol. The molecule has 0 aromatic heterocycles. The molecule has 2 rings (SSSR count). The van der Waals surface area contributed by atoms with Gasteiger partial charge in [0.1, 0.15) is 0 Å². The van der Waals surface area contributed by atoms with Gasteiger partial charge in [-0.05, 0) is 50.4 Å². The molecule has 122 valence electrons. The average molecular weight is 323 g/mol. The Morgan fingerprint density at radius 1 is 1.23 bits per heavy atom. The monoisotopic (exact) mass is 322 g/mol. The van der Waals surface area contributed by atoms with Crippen LogP contribution in [0.1, 0.15) is 51.1 Å². The van der Waals surface area contributed by atoms with Gasteiger partial charge in [-0.25, -0.2) is 0 Å². The van der Waals surface area contributed by atoms with E-state index in [4.69, 9.17) is 11.6 Å². The summed E-state index contributed by atoms with van der Waals surface area (Å²) in [5, 5.41) is 3.94. The van der Waals surface area contributed by atoms with Crippen molar-refractivity contribution in [2.24, 2.45) is 5.92 Å². The fourth-order valence-electron chi connectivity index (χ4n) is 3.24. The summed E-state index contributed by atoms with van der Waals surface area (Å²) >= 11 is 6.39. The number of hydrogen-bond acceptors (Lipinski definition) is 2. The van der Waals surface area contributed by atoms with Crippen molar-refractivity contribution >= 4 is 17.5 Å². The van der Waals surface area contributed by atoms with E-state index in [2.05, 4.69) is 30.1 Å². The maximum atomic E-state index is 12.3. The molecule has 1 atom stereocenters. The quantitative estimate of drug-likeness (QED) is 0.822. The molecule has 1 N–H and O–H groups in total. The lowest BCUT2D eigenvalue weighted by atomic mass is 10.0. The summed E-state index contributed by atoms with van der Waals surface area (Å²) in [5.74, 6) is 0.284. The summed E-state index contributed by atoms with van der Waals surface area (Å²) in [5.41, 5.74) is 1.12. The van der Waals surface area contributed by atoms with E-state index < -0.39 is 0 Å². The van der Waals surface area contributed by atoms with Crippen molar-refractivity contribution in [3.63, 3.8) is 0 Å². The van der Waals surface area contributed by atoms with E-state index in [1.165, 1.54) is 12.8 Å². The lowest BCUT2D eigenvalue weighted by Gasteiger charge is -2.29. The molecular formula is C18H27ClN2O. The van der Waals surface area contributed by atoms with Gasteiger partial charge in [-0.2, -0.15) is 0 Å². The molecule has 0 bridgehead atoms. The Labute approximate surface area is 139 Å². The number of likely N-dealkylation sites (tertiary alicyclic amines) is 1. The first-order chi connectivity index (χ1) is 10.7. The summed E-state index contributed by atoms with van der Waals surface area (Å²) in [6.45, 7) is 6.94. The molecule has 3 nitrogen and oxygen atoms in total. The Bertz CT molecular complexity index is 482. The number of carbonyl (C=O) groups is 1. The third-order valence-corrected chi connectivity index (χ3v) is 5.02. The molecule has 4 heteroatoms. The van der Waals surface area contributed by atoms with Gasteiger partial charge in [-0.3, -0.25) is 9.69 Å². The SMILES string of the molecule is CCC(CC)C(=O)NC[C@@H](c1ccccc1Cl)N1CCCC1. The highest BCUT2D eigenvalue weighted by molar-refractivity contribution is 6.31. The Hall–Kier alpha value is -1.06. The molecule has 22 heavy (non-hydrogen) atoms. The van der Waals surface area contributed by atoms with Crippen molar-refractivity contribution < 1.29 is 4.79 Å². The van der Waals surface area contributed by atoms with Gasteiger partial charge in [0.25, 0.3) is 0 Å². The van der Waals surface area contributed by atoms with Gasteiger partial charge in [-0.15, -0.1) is 0 Å². The summed E-state index contributed by atoms with van der Waals surface area (Å²) in [4.78, 5) is 14.7. The molecule has 1 saturated heterocycles. The van der Waals surface area contributed by atoms with Crippen molar-refractivity contribution in [2.75, 3.05) is 19.6 Å². The first kappa shape index (κ1) is 17.3. The molecule has 0 unspecified atom stereocenters. The molecule has 1 aromatic rings. The van der Waals surface area contributed by atoms with Crippen LogP contribution in [-0.4, -0.2) is 30.4 Å². The summed E-state index contributed by atoms with van der Waals surface area (Å²) in [6.07, 6.45) is 4.23. The smallest absolute Gasteiger partial charge is 0.223 e. The lowest BCUT2D eigenvalue weighted by molar-refractivity contribution is -0.125. The maximum absolute atomic E-state index is 12.3. The van der Waals surface area contributed by atoms with E-state index in [1.807, 2.05) is 18.2 Å². The molecule has 1 aliphatic rings. The van der Waals surface area contributed by atoms with Crippen molar-refractivity contribution in [3.8, 4) is 0 Å². The van der Waals surface area contributed by atoms with Crippen LogP contribution in [-0.2, 0) is 4.79 Å². The van der Waals surface area contributed by atoms with Crippen LogP contribution in [0.3, 0.4) is 0 Å². The largest absolute Gasteiger partial charge is 0.354 e. The lowest BCUT2D eigenvalue weighted by Crippen LogP contribution is -2.39. The molecule has 0 aliphatic carbocycles. The Morgan fingerprint density at radius 2 is 1.86 bits per heavy atom. The first-order valence-corrected chi connectivity index (χ1v) is 8.81. The zero-order valence-corrected chi connectivity index (χ0v) is 14.4. The second-order valence-corrected chi connectivity index (χ2v) is 6.45. The molecule has 1 aliphatic heterocycles. The highest BCUT2D eigenvalue weighted by Gasteiger charge is 2.26. The van der Waals surface area contributed by atoms with Crippen LogP contribution in [0.4, 0.5) is 0 Å². The maximum Gasteiger partial charge on any atom is 0.223 e. The minimum atomic E-state index is 0.116. The number of carbonyl (C=O) groups excluding carboxylic acids is 1. The number of nitrogens with zero attached hydrogens (tertiary/aromatic N) is 1. The molecule has 1 fully saturated rings. The van der Waals surface area contributed by atoms with Crippen molar-refractivity contribution in [2.45, 2.75) is 45.6 Å². The van der Waals surface area contributed by atoms with Gasteiger partial charge < -0.3 is 5.32 Å². The van der Waals surface area contributed by atoms with Crippen molar-refractivity contribution in [3.05, 3.63) is 34.9 Å². The third kappa shape index (κ3) is 4.23. The van der Waals surface area contributed by atoms with E-state index in [9.17, 15) is 4.79 Å². The number of benzene rings is 1. The van der Waals surface area contributed by atoms with Gasteiger partial charge >= 0.3 is 0 Å². The Balaban J connectivity index is 2.09. The molecule has 0 radical (unpaired) electrons. The van der Waals surface area contributed by atoms with Crippen molar-refractivity contribution in [1.29, 1.82) is 0 Å². The van der Waals surface area contributed by atoms with E-state index in [1.54, 1.807) is 0 Å². The van der Waals surface area contributed by atoms with E-state index in [0.717, 1.165) is 36.5 Å². The fraction of sp³-hybridized carbons (Fsp3) is 0.611. The summed E-state index contributed by atoms with van der Waals surface area (Å²) < 4.78 is 0. The number of nitrogens with one attached hydrogen (secondary N) is 1. The average Bonchev–Trinajstić information content (AvgIpc) is 3.04.